The molecule has 2 aromatic rings. The van der Waals surface area contributed by atoms with Crippen LogP contribution in [-0.2, 0) is 4.79 Å². The summed E-state index contributed by atoms with van der Waals surface area (Å²) in [6.07, 6.45) is 0.619. The molecular formula is C21H18F2N2O4. The number of ether oxygens (including phenoxy) is 1. The van der Waals surface area contributed by atoms with Crippen molar-refractivity contribution >= 4 is 17.7 Å². The molecular weight excluding hydrogens is 382 g/mol. The minimum atomic E-state index is -0.769. The van der Waals surface area contributed by atoms with Crippen LogP contribution in [0.15, 0.2) is 42.5 Å². The lowest BCUT2D eigenvalue weighted by atomic mass is 10.1. The molecule has 0 bridgehead atoms. The fourth-order valence-electron chi connectivity index (χ4n) is 3.59. The van der Waals surface area contributed by atoms with Gasteiger partial charge in [-0.05, 0) is 24.3 Å². The van der Waals surface area contributed by atoms with Gasteiger partial charge in [0.25, 0.3) is 11.8 Å². The number of nitrogens with zero attached hydrogens (tertiary/aromatic N) is 2. The number of imide groups is 1. The number of carbonyl (C=O) groups excluding carboxylic acids is 3. The Balaban J connectivity index is 1.33. The summed E-state index contributed by atoms with van der Waals surface area (Å²) < 4.78 is 32.3. The Kier molecular flexibility index (Phi) is 5.00. The van der Waals surface area contributed by atoms with Crippen LogP contribution in [0.4, 0.5) is 8.78 Å². The summed E-state index contributed by atoms with van der Waals surface area (Å²) in [6, 6.07) is 9.60. The van der Waals surface area contributed by atoms with Crippen molar-refractivity contribution in [2.24, 2.45) is 0 Å². The third-order valence-corrected chi connectivity index (χ3v) is 5.15. The predicted octanol–water partition coefficient (Wildman–Crippen LogP) is 2.63. The summed E-state index contributed by atoms with van der Waals surface area (Å²) in [4.78, 5) is 39.9. The van der Waals surface area contributed by atoms with E-state index in [2.05, 4.69) is 0 Å². The minimum absolute atomic E-state index is 0.0257. The summed E-state index contributed by atoms with van der Waals surface area (Å²) in [7, 11) is 0. The van der Waals surface area contributed by atoms with Crippen molar-refractivity contribution in [3.63, 3.8) is 0 Å². The molecule has 4 rings (SSSR count). The number of piperidine rings is 1. The molecule has 6 nitrogen and oxygen atoms in total. The molecule has 150 valence electrons. The van der Waals surface area contributed by atoms with Crippen molar-refractivity contribution in [2.45, 2.75) is 18.9 Å². The summed E-state index contributed by atoms with van der Waals surface area (Å²) >= 11 is 0. The van der Waals surface area contributed by atoms with Gasteiger partial charge in [-0.25, -0.2) is 8.78 Å². The predicted molar refractivity (Wildman–Crippen MR) is 98.4 cm³/mol. The number of hydrogen-bond acceptors (Lipinski definition) is 4. The van der Waals surface area contributed by atoms with Crippen molar-refractivity contribution < 1.29 is 27.9 Å². The zero-order valence-electron chi connectivity index (χ0n) is 15.4. The van der Waals surface area contributed by atoms with E-state index in [1.807, 2.05) is 0 Å². The van der Waals surface area contributed by atoms with E-state index in [1.165, 1.54) is 6.07 Å². The van der Waals surface area contributed by atoms with Gasteiger partial charge in [-0.3, -0.25) is 19.3 Å². The Labute approximate surface area is 165 Å². The van der Waals surface area contributed by atoms with Crippen LogP contribution in [0.25, 0.3) is 0 Å². The highest BCUT2D eigenvalue weighted by Gasteiger charge is 2.37. The molecule has 2 aliphatic heterocycles. The van der Waals surface area contributed by atoms with Crippen LogP contribution in [0.5, 0.6) is 5.75 Å². The van der Waals surface area contributed by atoms with Crippen LogP contribution < -0.4 is 4.74 Å². The number of fused-ring (bicyclic) bond motifs is 1. The van der Waals surface area contributed by atoms with E-state index in [9.17, 15) is 23.2 Å². The Morgan fingerprint density at radius 1 is 1.00 bits per heavy atom. The van der Waals surface area contributed by atoms with E-state index >= 15 is 0 Å². The van der Waals surface area contributed by atoms with Gasteiger partial charge in [-0.1, -0.05) is 12.1 Å². The van der Waals surface area contributed by atoms with Crippen LogP contribution in [0.2, 0.25) is 0 Å². The standard InChI is InChI=1S/C21H18F2N2O4/c22-13-5-6-18(17(23)11-13)29-14-7-9-24(10-8-14)19(26)12-25-20(27)15-3-1-2-4-16(15)21(25)28/h1-6,11,14H,7-10,12H2. The van der Waals surface area contributed by atoms with E-state index in [0.717, 1.165) is 17.0 Å². The second kappa shape index (κ2) is 7.62. The third kappa shape index (κ3) is 3.70. The van der Waals surface area contributed by atoms with Crippen molar-refractivity contribution in [3.05, 3.63) is 65.2 Å². The number of carbonyl (C=O) groups is 3. The number of benzene rings is 2. The summed E-state index contributed by atoms with van der Waals surface area (Å²) in [6.45, 7) is 0.398. The van der Waals surface area contributed by atoms with Gasteiger partial charge in [0, 0.05) is 32.0 Å². The fraction of sp³-hybridized carbons (Fsp3) is 0.286. The molecule has 1 saturated heterocycles. The molecule has 3 amide bonds. The normalized spacial score (nSPS) is 16.9. The molecule has 0 atom stereocenters. The van der Waals surface area contributed by atoms with Crippen molar-refractivity contribution in [1.29, 1.82) is 0 Å². The van der Waals surface area contributed by atoms with Crippen LogP contribution in [0.3, 0.4) is 0 Å². The van der Waals surface area contributed by atoms with Crippen LogP contribution in [0, 0.1) is 11.6 Å². The molecule has 2 heterocycles. The van der Waals surface area contributed by atoms with Gasteiger partial charge in [0.05, 0.1) is 11.1 Å². The molecule has 0 aliphatic carbocycles. The van der Waals surface area contributed by atoms with Gasteiger partial charge >= 0.3 is 0 Å². The fourth-order valence-corrected chi connectivity index (χ4v) is 3.59. The molecule has 0 unspecified atom stereocenters. The maximum atomic E-state index is 13.7. The van der Waals surface area contributed by atoms with E-state index in [4.69, 9.17) is 4.74 Å². The largest absolute Gasteiger partial charge is 0.487 e. The molecule has 2 aliphatic rings. The van der Waals surface area contributed by atoms with E-state index in [-0.39, 0.29) is 24.3 Å². The lowest BCUT2D eigenvalue weighted by Gasteiger charge is -2.33. The van der Waals surface area contributed by atoms with Crippen LogP contribution in [-0.4, -0.2) is 53.3 Å². The number of likely N-dealkylation sites (tertiary alicyclic amines) is 1. The summed E-state index contributed by atoms with van der Waals surface area (Å²) in [5.41, 5.74) is 0.609. The Bertz CT molecular complexity index is 951. The van der Waals surface area contributed by atoms with Gasteiger partial charge in [0.1, 0.15) is 18.5 Å². The second-order valence-corrected chi connectivity index (χ2v) is 7.01. The first-order chi connectivity index (χ1) is 13.9. The van der Waals surface area contributed by atoms with Gasteiger partial charge in [-0.2, -0.15) is 0 Å². The lowest BCUT2D eigenvalue weighted by Crippen LogP contribution is -2.47. The first kappa shape index (κ1) is 19.0. The van der Waals surface area contributed by atoms with Crippen molar-refractivity contribution in [3.8, 4) is 5.75 Å². The average molecular weight is 400 g/mol. The molecule has 8 heteroatoms. The second-order valence-electron chi connectivity index (χ2n) is 7.01. The maximum Gasteiger partial charge on any atom is 0.262 e. The number of halogens is 2. The molecule has 0 spiro atoms. The van der Waals surface area contributed by atoms with E-state index < -0.39 is 23.4 Å². The molecule has 0 N–H and O–H groups in total. The monoisotopic (exact) mass is 400 g/mol. The Hall–Kier alpha value is -3.29. The van der Waals surface area contributed by atoms with Gasteiger partial charge in [0.15, 0.2) is 11.6 Å². The molecule has 0 radical (unpaired) electrons. The summed E-state index contributed by atoms with van der Waals surface area (Å²) in [5.74, 6) is -2.74. The quantitative estimate of drug-likeness (QED) is 0.740. The molecule has 0 aromatic heterocycles. The van der Waals surface area contributed by atoms with E-state index in [0.29, 0.717) is 37.1 Å². The van der Waals surface area contributed by atoms with Crippen molar-refractivity contribution in [1.82, 2.24) is 9.80 Å². The van der Waals surface area contributed by atoms with Crippen LogP contribution in [0.1, 0.15) is 33.6 Å². The maximum absolute atomic E-state index is 13.7. The molecule has 2 aromatic carbocycles. The van der Waals surface area contributed by atoms with Crippen molar-refractivity contribution in [2.75, 3.05) is 19.6 Å². The molecule has 1 fully saturated rings. The van der Waals surface area contributed by atoms with Gasteiger partial charge < -0.3 is 9.64 Å². The topological polar surface area (TPSA) is 66.9 Å². The smallest absolute Gasteiger partial charge is 0.262 e. The highest BCUT2D eigenvalue weighted by atomic mass is 19.1. The number of amides is 3. The minimum Gasteiger partial charge on any atom is -0.487 e. The van der Waals surface area contributed by atoms with Gasteiger partial charge in [-0.15, -0.1) is 0 Å². The lowest BCUT2D eigenvalue weighted by molar-refractivity contribution is -0.133. The average Bonchev–Trinajstić information content (AvgIpc) is 2.96. The number of rotatable bonds is 4. The zero-order valence-corrected chi connectivity index (χ0v) is 15.4. The molecule has 29 heavy (non-hydrogen) atoms. The van der Waals surface area contributed by atoms with Gasteiger partial charge in [0.2, 0.25) is 5.91 Å². The third-order valence-electron chi connectivity index (χ3n) is 5.15. The first-order valence-corrected chi connectivity index (χ1v) is 9.29. The zero-order chi connectivity index (χ0) is 20.5. The Morgan fingerprint density at radius 3 is 2.21 bits per heavy atom. The first-order valence-electron chi connectivity index (χ1n) is 9.29. The number of hydrogen-bond donors (Lipinski definition) is 0. The van der Waals surface area contributed by atoms with E-state index in [1.54, 1.807) is 29.2 Å². The SMILES string of the molecule is O=C(CN1C(=O)c2ccccc2C1=O)N1CCC(Oc2ccc(F)cc2F)CC1. The Morgan fingerprint density at radius 2 is 1.62 bits per heavy atom. The summed E-state index contributed by atoms with van der Waals surface area (Å²) in [5, 5.41) is 0. The highest BCUT2D eigenvalue weighted by Crippen LogP contribution is 2.24. The molecule has 0 saturated carbocycles. The van der Waals surface area contributed by atoms with Crippen LogP contribution >= 0.6 is 0 Å². The highest BCUT2D eigenvalue weighted by molar-refractivity contribution is 6.22.